The summed E-state index contributed by atoms with van der Waals surface area (Å²) in [6.45, 7) is 24.3. The maximum Gasteiger partial charge on any atom is 0.414 e. The van der Waals surface area contributed by atoms with Crippen molar-refractivity contribution in [1.29, 1.82) is 0 Å². The summed E-state index contributed by atoms with van der Waals surface area (Å²) >= 11 is 1.96. The lowest BCUT2D eigenvalue weighted by atomic mass is 9.82. The van der Waals surface area contributed by atoms with Gasteiger partial charge in [-0.05, 0) is 221 Å². The number of halogens is 1. The Bertz CT molecular complexity index is 3280. The van der Waals surface area contributed by atoms with Gasteiger partial charge in [0.25, 0.3) is 11.8 Å². The molecular formula is C64H99IN8O11S3. The summed E-state index contributed by atoms with van der Waals surface area (Å²) in [5, 5.41) is 6.88. The summed E-state index contributed by atoms with van der Waals surface area (Å²) in [7, 11) is -3.87. The van der Waals surface area contributed by atoms with E-state index in [0.29, 0.717) is 68.6 Å². The van der Waals surface area contributed by atoms with Crippen LogP contribution in [0.15, 0.2) is 39.7 Å². The van der Waals surface area contributed by atoms with Crippen LogP contribution in [-0.4, -0.2) is 152 Å². The van der Waals surface area contributed by atoms with Crippen LogP contribution in [0, 0.1) is 51.4 Å². The highest BCUT2D eigenvalue weighted by molar-refractivity contribution is 14.2. The highest BCUT2D eigenvalue weighted by Crippen LogP contribution is 2.51. The Morgan fingerprint density at radius 3 is 1.34 bits per heavy atom. The number of nitrogens with zero attached hydrogens (tertiary/aromatic N) is 6. The molecule has 4 heterocycles. The normalized spacial score (nSPS) is 25.6. The fourth-order valence-corrected chi connectivity index (χ4v) is 15.9. The molecule has 3 saturated carbocycles. The molecule has 5 fully saturated rings. The first-order chi connectivity index (χ1) is 39.9. The molecule has 9 rings (SSSR count). The molecule has 4 amide bonds. The van der Waals surface area contributed by atoms with E-state index >= 15 is 0 Å². The number of amidine groups is 2. The quantitative estimate of drug-likeness (QED) is 0.168. The van der Waals surface area contributed by atoms with Crippen LogP contribution in [0.5, 0.6) is 0 Å². The number of carbonyl (C=O) groups excluding carboxylic acids is 4. The molecule has 2 spiro atoms. The van der Waals surface area contributed by atoms with Gasteiger partial charge in [0, 0.05) is 96.0 Å². The third-order valence-corrected chi connectivity index (χ3v) is 21.7. The molecule has 2 aromatic carbocycles. The van der Waals surface area contributed by atoms with Gasteiger partial charge in [-0.1, -0.05) is 45.8 Å². The second kappa shape index (κ2) is 26.1. The molecular weight excluding hydrogens is 1280 g/mol. The molecule has 2 saturated heterocycles. The van der Waals surface area contributed by atoms with Crippen molar-refractivity contribution in [2.75, 3.05) is 68.8 Å². The minimum Gasteiger partial charge on any atom is -0.443 e. The Morgan fingerprint density at radius 1 is 0.644 bits per heavy atom. The Morgan fingerprint density at radius 2 is 0.989 bits per heavy atom. The van der Waals surface area contributed by atoms with Gasteiger partial charge in [-0.25, -0.2) is 30.7 Å². The molecule has 2 atom stereocenters. The molecule has 2 aromatic rings. The maximum absolute atomic E-state index is 13.7. The molecule has 0 aromatic heterocycles. The fourth-order valence-electron chi connectivity index (χ4n) is 12.7. The Hall–Kier alpha value is -4.30. The van der Waals surface area contributed by atoms with E-state index < -0.39 is 66.0 Å². The zero-order valence-electron chi connectivity index (χ0n) is 54.7. The monoisotopic (exact) mass is 1380 g/mol. The van der Waals surface area contributed by atoms with Crippen LogP contribution >= 0.6 is 21.2 Å². The third-order valence-electron chi connectivity index (χ3n) is 17.8. The largest absolute Gasteiger partial charge is 0.443 e. The van der Waals surface area contributed by atoms with Crippen molar-refractivity contribution in [3.63, 3.8) is 0 Å². The van der Waals surface area contributed by atoms with Gasteiger partial charge in [0.2, 0.25) is 20.0 Å². The molecule has 87 heavy (non-hydrogen) atoms. The van der Waals surface area contributed by atoms with Crippen LogP contribution in [0.1, 0.15) is 178 Å². The number of piperidine rings is 2. The second-order valence-electron chi connectivity index (χ2n) is 28.8. The van der Waals surface area contributed by atoms with Crippen LogP contribution in [-0.2, 0) is 45.3 Å². The van der Waals surface area contributed by atoms with Gasteiger partial charge in [-0.15, -0.1) is 0 Å². The fraction of sp³-hybridized carbons (Fsp3) is 0.688. The number of hydrogen-bond acceptors (Lipinski definition) is 13. The van der Waals surface area contributed by atoms with Gasteiger partial charge in [0.05, 0.1) is 5.25 Å². The Labute approximate surface area is 531 Å². The van der Waals surface area contributed by atoms with Crippen LogP contribution in [0.25, 0.3) is 6.08 Å². The standard InChI is InChI=1S/C31H46N4O5S.C30H44N4O5S.C3H9IOS/c1-19-8-10-22(11-9-19)27-32-28(36)31(33-27)12-14-35(15-13-31)41(38,39)25-18-24(25)26-20(2)16-23(17-21(26)3)34(7)29(37)40-30(4,5)6;1-20-8-10-23(11-9-20)26-31-27(35)30(32-26)13-15-34(16-14-30)40(37,38)17-12-25-21(2)18-24(19-22(25)3)33(7)28(36)39-29(4,5)6;1-6(2,3,4)5/h16-17,19,22,24-25H,8-15,18H2,1-7H3,(H,32,33,36);12,17-20,23H,8-11,13-16H2,1-7H3,(H,31,32,35);1-3H3/b;17-12+;. The summed E-state index contributed by atoms with van der Waals surface area (Å²) in [6.07, 6.45) is 14.8. The van der Waals surface area contributed by atoms with Crippen molar-refractivity contribution in [3.05, 3.63) is 63.1 Å². The molecule has 3 aliphatic carbocycles. The topological polar surface area (TPSA) is 234 Å². The molecule has 23 heteroatoms. The van der Waals surface area contributed by atoms with Crippen LogP contribution in [0.4, 0.5) is 21.0 Å². The SMILES string of the molecule is CS(C)(C)(=O)I.Cc1cc(N(C)C(=O)OC(C)(C)C)cc(C)c1/C=C/S(=O)(=O)N1CCC2(CC1)N=C(C1CCC(C)CC1)NC2=O.Cc1cc(N(C)C(=O)OC(C)(C)C)cc(C)c1C1CC1S(=O)(=O)N1CCC2(CC1)N=C(C1CCC(C)CC1)NC2=O. The van der Waals surface area contributed by atoms with Gasteiger partial charge >= 0.3 is 12.2 Å². The zero-order valence-corrected chi connectivity index (χ0v) is 59.3. The minimum absolute atomic E-state index is 0.0600. The van der Waals surface area contributed by atoms with E-state index in [0.717, 1.165) is 108 Å². The molecule has 2 unspecified atom stereocenters. The number of anilines is 2. The number of aliphatic imine (C=N–C) groups is 2. The lowest BCUT2D eigenvalue weighted by molar-refractivity contribution is -0.125. The first-order valence-corrected chi connectivity index (χ1v) is 39.7. The Balaban J connectivity index is 0.000000227. The van der Waals surface area contributed by atoms with Crippen LogP contribution in [0.2, 0.25) is 0 Å². The summed E-state index contributed by atoms with van der Waals surface area (Å²) in [4.78, 5) is 63.8. The first kappa shape index (κ1) is 70.2. The average molecular weight is 1380 g/mol. The highest BCUT2D eigenvalue weighted by Gasteiger charge is 2.55. The number of rotatable bonds is 10. The number of hydrogen-bond donors (Lipinski definition) is 2. The molecule has 7 aliphatic rings. The molecule has 4 aliphatic heterocycles. The lowest BCUT2D eigenvalue weighted by Crippen LogP contribution is -2.51. The van der Waals surface area contributed by atoms with E-state index in [1.54, 1.807) is 43.2 Å². The summed E-state index contributed by atoms with van der Waals surface area (Å²) < 4.78 is 78.6. The number of sulfonamides is 2. The van der Waals surface area contributed by atoms with E-state index in [-0.39, 0.29) is 30.8 Å². The van der Waals surface area contributed by atoms with Gasteiger partial charge in [-0.2, -0.15) is 4.31 Å². The molecule has 0 radical (unpaired) electrons. The molecule has 19 nitrogen and oxygen atoms in total. The smallest absolute Gasteiger partial charge is 0.414 e. The van der Waals surface area contributed by atoms with Crippen molar-refractivity contribution in [1.82, 2.24) is 19.2 Å². The number of benzene rings is 2. The van der Waals surface area contributed by atoms with E-state index in [4.69, 9.17) is 19.5 Å². The van der Waals surface area contributed by atoms with Crippen molar-refractivity contribution in [3.8, 4) is 0 Å². The predicted octanol–water partition coefficient (Wildman–Crippen LogP) is 11.3. The predicted molar refractivity (Wildman–Crippen MR) is 360 cm³/mol. The lowest BCUT2D eigenvalue weighted by Gasteiger charge is -2.35. The molecule has 0 bridgehead atoms. The minimum atomic E-state index is -3.69. The van der Waals surface area contributed by atoms with Crippen LogP contribution in [0.3, 0.4) is 0 Å². The van der Waals surface area contributed by atoms with Gasteiger partial charge < -0.3 is 20.1 Å². The number of aryl methyl sites for hydroxylation is 4. The molecule has 2 N–H and O–H groups in total. The Kier molecular flexibility index (Phi) is 21.1. The second-order valence-corrected chi connectivity index (χ2v) is 46.2. The van der Waals surface area contributed by atoms with Gasteiger partial charge in [0.15, 0.2) is 0 Å². The van der Waals surface area contributed by atoms with Crippen molar-refractivity contribution < 1.29 is 49.7 Å². The van der Waals surface area contributed by atoms with Gasteiger partial charge in [0.1, 0.15) is 34.0 Å². The van der Waals surface area contributed by atoms with Gasteiger partial charge in [-0.3, -0.25) is 33.6 Å². The summed E-state index contributed by atoms with van der Waals surface area (Å²) in [6, 6.07) is 7.55. The number of carbonyl (C=O) groups is 4. The van der Waals surface area contributed by atoms with Crippen molar-refractivity contribution in [2.45, 2.75) is 200 Å². The maximum atomic E-state index is 13.7. The molecule has 486 valence electrons. The first-order valence-electron chi connectivity index (χ1n) is 30.9. The number of nitrogens with one attached hydrogen (secondary N) is 2. The van der Waals surface area contributed by atoms with E-state index in [1.165, 1.54) is 19.5 Å². The van der Waals surface area contributed by atoms with Crippen molar-refractivity contribution in [2.24, 2.45) is 33.7 Å². The van der Waals surface area contributed by atoms with E-state index in [9.17, 15) is 40.2 Å². The average Bonchev–Trinajstić information content (AvgIpc) is 1.61. The highest BCUT2D eigenvalue weighted by atomic mass is 127. The summed E-state index contributed by atoms with van der Waals surface area (Å²) in [5.41, 5.74) is 3.97. The number of ether oxygens (including phenoxy) is 2. The summed E-state index contributed by atoms with van der Waals surface area (Å²) in [5.74, 6) is 3.45. The number of amides is 4. The van der Waals surface area contributed by atoms with Crippen molar-refractivity contribution >= 4 is 101 Å². The van der Waals surface area contributed by atoms with Crippen LogP contribution < -0.4 is 20.4 Å². The van der Waals surface area contributed by atoms with E-state index in [2.05, 4.69) is 24.5 Å². The van der Waals surface area contributed by atoms with E-state index in [1.807, 2.05) is 115 Å². The zero-order chi connectivity index (χ0) is 64.8. The third kappa shape index (κ3) is 18.0.